The molecule has 2 aromatic rings. The van der Waals surface area contributed by atoms with Crippen LogP contribution in [-0.4, -0.2) is 50.2 Å². The number of ether oxygens (including phenoxy) is 2. The smallest absolute Gasteiger partial charge is 0.309 e. The number of anilines is 1. The van der Waals surface area contributed by atoms with Gasteiger partial charge in [0.15, 0.2) is 11.7 Å². The van der Waals surface area contributed by atoms with Crippen LogP contribution in [0.4, 0.5) is 5.13 Å². The third-order valence-electron chi connectivity index (χ3n) is 4.86. The standard InChI is InChI=1S/C20H25N3O4S/c1-3-27-19(25)15-8-10-23(11-9-15)12-18(24)22-20-21-17(13-28-20)14-4-6-16(26-2)7-5-14/h4-7,13,15H,3,8-12H2,1-2H3,(H,21,22,24)/p+1. The Morgan fingerprint density at radius 3 is 2.61 bits per heavy atom. The van der Waals surface area contributed by atoms with Gasteiger partial charge in [-0.05, 0) is 31.2 Å². The second-order valence-electron chi connectivity index (χ2n) is 6.77. The molecule has 0 spiro atoms. The summed E-state index contributed by atoms with van der Waals surface area (Å²) in [4.78, 5) is 29.8. The lowest BCUT2D eigenvalue weighted by Crippen LogP contribution is -3.14. The zero-order valence-corrected chi connectivity index (χ0v) is 17.0. The summed E-state index contributed by atoms with van der Waals surface area (Å²) < 4.78 is 10.3. The van der Waals surface area contributed by atoms with Gasteiger partial charge in [-0.15, -0.1) is 11.3 Å². The molecule has 1 amide bonds. The summed E-state index contributed by atoms with van der Waals surface area (Å²) in [6.45, 7) is 4.21. The number of rotatable bonds is 7. The van der Waals surface area contributed by atoms with Crippen LogP contribution in [0.25, 0.3) is 11.3 Å². The molecule has 28 heavy (non-hydrogen) atoms. The average Bonchev–Trinajstić information content (AvgIpc) is 3.17. The Bertz CT molecular complexity index is 798. The highest BCUT2D eigenvalue weighted by atomic mass is 32.1. The molecule has 2 N–H and O–H groups in total. The largest absolute Gasteiger partial charge is 0.497 e. The van der Waals surface area contributed by atoms with E-state index in [0.29, 0.717) is 18.3 Å². The van der Waals surface area contributed by atoms with Gasteiger partial charge in [0.2, 0.25) is 0 Å². The maximum absolute atomic E-state index is 12.4. The Hall–Kier alpha value is -2.45. The molecule has 7 nitrogen and oxygen atoms in total. The lowest BCUT2D eigenvalue weighted by molar-refractivity contribution is -0.897. The lowest BCUT2D eigenvalue weighted by atomic mass is 9.97. The predicted octanol–water partition coefficient (Wildman–Crippen LogP) is 1.62. The number of hydrogen-bond acceptors (Lipinski definition) is 6. The Morgan fingerprint density at radius 2 is 1.96 bits per heavy atom. The molecule has 1 aromatic heterocycles. The van der Waals surface area contributed by atoms with Crippen molar-refractivity contribution in [3.8, 4) is 17.0 Å². The number of piperidine rings is 1. The zero-order valence-electron chi connectivity index (χ0n) is 16.2. The summed E-state index contributed by atoms with van der Waals surface area (Å²) in [6.07, 6.45) is 1.53. The van der Waals surface area contributed by atoms with Crippen LogP contribution in [0.1, 0.15) is 19.8 Å². The van der Waals surface area contributed by atoms with Gasteiger partial charge in [0, 0.05) is 23.8 Å². The summed E-state index contributed by atoms with van der Waals surface area (Å²) in [5.41, 5.74) is 1.80. The molecular formula is C20H26N3O4S+. The number of quaternary nitrogens is 1. The van der Waals surface area contributed by atoms with E-state index in [2.05, 4.69) is 10.3 Å². The fraction of sp³-hybridized carbons (Fsp3) is 0.450. The highest BCUT2D eigenvalue weighted by Crippen LogP contribution is 2.26. The van der Waals surface area contributed by atoms with Crippen molar-refractivity contribution in [1.29, 1.82) is 0 Å². The molecule has 1 aromatic carbocycles. The Labute approximate surface area is 168 Å². The minimum atomic E-state index is -0.111. The summed E-state index contributed by atoms with van der Waals surface area (Å²) in [5.74, 6) is 0.597. The molecule has 3 rings (SSSR count). The van der Waals surface area contributed by atoms with Crippen LogP contribution in [0.2, 0.25) is 0 Å². The van der Waals surface area contributed by atoms with E-state index in [1.165, 1.54) is 16.2 Å². The number of esters is 1. The quantitative estimate of drug-likeness (QED) is 0.686. The van der Waals surface area contributed by atoms with Crippen LogP contribution in [-0.2, 0) is 14.3 Å². The number of benzene rings is 1. The molecule has 8 heteroatoms. The number of nitrogens with one attached hydrogen (secondary N) is 2. The van der Waals surface area contributed by atoms with E-state index in [-0.39, 0.29) is 17.8 Å². The van der Waals surface area contributed by atoms with Gasteiger partial charge in [0.1, 0.15) is 5.75 Å². The molecule has 1 saturated heterocycles. The number of likely N-dealkylation sites (tertiary alicyclic amines) is 1. The molecule has 1 fully saturated rings. The molecule has 0 aliphatic carbocycles. The van der Waals surface area contributed by atoms with E-state index in [0.717, 1.165) is 42.9 Å². The molecule has 1 aliphatic heterocycles. The van der Waals surface area contributed by atoms with E-state index >= 15 is 0 Å². The van der Waals surface area contributed by atoms with Gasteiger partial charge in [0.05, 0.1) is 38.4 Å². The van der Waals surface area contributed by atoms with Crippen LogP contribution in [0.5, 0.6) is 5.75 Å². The summed E-state index contributed by atoms with van der Waals surface area (Å²) in [7, 11) is 1.63. The first-order valence-corrected chi connectivity index (χ1v) is 10.4. The van der Waals surface area contributed by atoms with Crippen LogP contribution >= 0.6 is 11.3 Å². The third-order valence-corrected chi connectivity index (χ3v) is 5.62. The van der Waals surface area contributed by atoms with E-state index in [1.54, 1.807) is 7.11 Å². The first-order valence-electron chi connectivity index (χ1n) is 9.49. The lowest BCUT2D eigenvalue weighted by Gasteiger charge is -2.27. The molecular weight excluding hydrogens is 378 g/mol. The van der Waals surface area contributed by atoms with Crippen molar-refractivity contribution in [2.45, 2.75) is 19.8 Å². The first-order chi connectivity index (χ1) is 13.6. The predicted molar refractivity (Wildman–Crippen MR) is 108 cm³/mol. The number of hydrogen-bond donors (Lipinski definition) is 2. The van der Waals surface area contributed by atoms with Crippen molar-refractivity contribution in [3.05, 3.63) is 29.6 Å². The monoisotopic (exact) mass is 404 g/mol. The van der Waals surface area contributed by atoms with E-state index in [4.69, 9.17) is 9.47 Å². The maximum atomic E-state index is 12.4. The Morgan fingerprint density at radius 1 is 1.25 bits per heavy atom. The van der Waals surface area contributed by atoms with Crippen molar-refractivity contribution in [2.24, 2.45) is 5.92 Å². The first kappa shape index (κ1) is 20.3. The number of thiazole rings is 1. The molecule has 0 atom stereocenters. The number of nitrogens with zero attached hydrogens (tertiary/aromatic N) is 1. The van der Waals surface area contributed by atoms with E-state index in [9.17, 15) is 9.59 Å². The van der Waals surface area contributed by atoms with Gasteiger partial charge >= 0.3 is 5.97 Å². The van der Waals surface area contributed by atoms with Gasteiger partial charge in [-0.1, -0.05) is 0 Å². The molecule has 0 saturated carbocycles. The van der Waals surface area contributed by atoms with Gasteiger partial charge in [-0.25, -0.2) is 4.98 Å². The van der Waals surface area contributed by atoms with Gasteiger partial charge in [-0.2, -0.15) is 0 Å². The summed E-state index contributed by atoms with van der Waals surface area (Å²) in [6, 6.07) is 7.65. The second kappa shape index (κ2) is 9.66. The van der Waals surface area contributed by atoms with E-state index in [1.807, 2.05) is 36.6 Å². The minimum absolute atomic E-state index is 0.0298. The summed E-state index contributed by atoms with van der Waals surface area (Å²) >= 11 is 1.41. The number of carbonyl (C=O) groups is 2. The van der Waals surface area contributed by atoms with Gasteiger partial charge in [0.25, 0.3) is 5.91 Å². The van der Waals surface area contributed by atoms with Crippen molar-refractivity contribution in [1.82, 2.24) is 4.98 Å². The molecule has 0 unspecified atom stereocenters. The molecule has 1 aliphatic rings. The molecule has 150 valence electrons. The van der Waals surface area contributed by atoms with Gasteiger partial charge < -0.3 is 14.4 Å². The van der Waals surface area contributed by atoms with Gasteiger partial charge in [-0.3, -0.25) is 14.9 Å². The Balaban J connectivity index is 1.48. The third kappa shape index (κ3) is 5.30. The topological polar surface area (TPSA) is 82.0 Å². The van der Waals surface area contributed by atoms with Crippen molar-refractivity contribution < 1.29 is 24.0 Å². The highest BCUT2D eigenvalue weighted by molar-refractivity contribution is 7.14. The Kier molecular flexibility index (Phi) is 7.00. The number of amides is 1. The van der Waals surface area contributed by atoms with E-state index < -0.39 is 0 Å². The SMILES string of the molecule is CCOC(=O)C1CC[NH+](CC(=O)Nc2nc(-c3ccc(OC)cc3)cs2)CC1. The average molecular weight is 405 g/mol. The van der Waals surface area contributed by atoms with Crippen LogP contribution < -0.4 is 15.0 Å². The number of aromatic nitrogens is 1. The fourth-order valence-electron chi connectivity index (χ4n) is 3.31. The normalized spacial score (nSPS) is 19.1. The maximum Gasteiger partial charge on any atom is 0.309 e. The summed E-state index contributed by atoms with van der Waals surface area (Å²) in [5, 5.41) is 5.41. The van der Waals surface area contributed by atoms with Crippen LogP contribution in [0.3, 0.4) is 0 Å². The molecule has 2 heterocycles. The van der Waals surface area contributed by atoms with Crippen molar-refractivity contribution in [2.75, 3.05) is 38.7 Å². The number of carbonyl (C=O) groups excluding carboxylic acids is 2. The highest BCUT2D eigenvalue weighted by Gasteiger charge is 2.29. The second-order valence-corrected chi connectivity index (χ2v) is 7.63. The van der Waals surface area contributed by atoms with Crippen LogP contribution in [0.15, 0.2) is 29.6 Å². The molecule has 0 bridgehead atoms. The fourth-order valence-corrected chi connectivity index (χ4v) is 4.05. The molecule has 0 radical (unpaired) electrons. The van der Waals surface area contributed by atoms with Crippen LogP contribution in [0, 0.1) is 5.92 Å². The van der Waals surface area contributed by atoms with Crippen molar-refractivity contribution >= 4 is 28.3 Å². The number of methoxy groups -OCH3 is 1. The minimum Gasteiger partial charge on any atom is -0.497 e. The zero-order chi connectivity index (χ0) is 19.9. The van der Waals surface area contributed by atoms with Crippen molar-refractivity contribution in [3.63, 3.8) is 0 Å².